The summed E-state index contributed by atoms with van der Waals surface area (Å²) < 4.78 is 33.7. The van der Waals surface area contributed by atoms with Gasteiger partial charge in [-0.15, -0.1) is 10.2 Å². The van der Waals surface area contributed by atoms with E-state index >= 15 is 8.78 Å². The van der Waals surface area contributed by atoms with Crippen LogP contribution in [0.3, 0.4) is 0 Å². The fraction of sp³-hybridized carbons (Fsp3) is 0.167. The van der Waals surface area contributed by atoms with Gasteiger partial charge in [0.1, 0.15) is 23.2 Å². The Balaban J connectivity index is 1.36. The molecule has 2 aromatic carbocycles. The zero-order chi connectivity index (χ0) is 22.9. The fourth-order valence-corrected chi connectivity index (χ4v) is 4.59. The second-order valence-corrected chi connectivity index (χ2v) is 8.27. The molecule has 5 aromatic rings. The number of hydrogen-bond donors (Lipinski definition) is 0. The standard InChI is InChI=1S/C24H18F2N6O/c1-13-27-28-22-7-6-14-10-31(24(33)23(14)32(13)22)12-18-19(25)8-15(9-20(18)26)16-4-3-5-21-17(16)11-30(2)29-21/h3-9,11H,10,12H2,1-2H3. The number of aryl methyl sites for hydroxylation is 2. The summed E-state index contributed by atoms with van der Waals surface area (Å²) >= 11 is 0. The second-order valence-electron chi connectivity index (χ2n) is 8.27. The van der Waals surface area contributed by atoms with Crippen LogP contribution >= 0.6 is 0 Å². The lowest BCUT2D eigenvalue weighted by Crippen LogP contribution is -2.25. The highest BCUT2D eigenvalue weighted by Crippen LogP contribution is 2.32. The maximum atomic E-state index is 15.2. The van der Waals surface area contributed by atoms with Gasteiger partial charge in [0.15, 0.2) is 5.65 Å². The minimum atomic E-state index is -0.694. The predicted molar refractivity (Wildman–Crippen MR) is 117 cm³/mol. The second kappa shape index (κ2) is 6.93. The van der Waals surface area contributed by atoms with E-state index in [2.05, 4.69) is 15.3 Å². The third-order valence-corrected chi connectivity index (χ3v) is 6.13. The van der Waals surface area contributed by atoms with E-state index in [4.69, 9.17) is 0 Å². The van der Waals surface area contributed by atoms with Crippen molar-refractivity contribution in [3.05, 3.63) is 82.9 Å². The highest BCUT2D eigenvalue weighted by molar-refractivity contribution is 5.97. The molecule has 6 rings (SSSR count). The zero-order valence-electron chi connectivity index (χ0n) is 17.9. The first-order chi connectivity index (χ1) is 15.9. The molecule has 0 unspecified atom stereocenters. The molecule has 7 nitrogen and oxygen atoms in total. The Kier molecular flexibility index (Phi) is 4.10. The fourth-order valence-electron chi connectivity index (χ4n) is 4.59. The van der Waals surface area contributed by atoms with Crippen molar-refractivity contribution in [1.82, 2.24) is 29.3 Å². The first-order valence-electron chi connectivity index (χ1n) is 10.4. The van der Waals surface area contributed by atoms with Crippen LogP contribution in [0.1, 0.15) is 27.4 Å². The van der Waals surface area contributed by atoms with Crippen LogP contribution in [0.2, 0.25) is 0 Å². The lowest BCUT2D eigenvalue weighted by atomic mass is 9.99. The van der Waals surface area contributed by atoms with Gasteiger partial charge in [-0.3, -0.25) is 13.9 Å². The molecule has 164 valence electrons. The van der Waals surface area contributed by atoms with Crippen LogP contribution in [0.15, 0.2) is 48.7 Å². The van der Waals surface area contributed by atoms with E-state index in [1.54, 1.807) is 35.2 Å². The molecule has 0 saturated heterocycles. The van der Waals surface area contributed by atoms with Crippen LogP contribution in [0.4, 0.5) is 8.78 Å². The van der Waals surface area contributed by atoms with Crippen molar-refractivity contribution in [3.8, 4) is 11.1 Å². The van der Waals surface area contributed by atoms with Crippen LogP contribution in [0, 0.1) is 18.6 Å². The van der Waals surface area contributed by atoms with E-state index in [1.165, 1.54) is 17.0 Å². The zero-order valence-corrected chi connectivity index (χ0v) is 17.9. The maximum absolute atomic E-state index is 15.2. The lowest BCUT2D eigenvalue weighted by Gasteiger charge is -2.17. The summed E-state index contributed by atoms with van der Waals surface area (Å²) in [5.74, 6) is -1.11. The first kappa shape index (κ1) is 19.5. The number of benzene rings is 2. The number of rotatable bonds is 3. The average Bonchev–Trinajstić information content (AvgIpc) is 3.44. The molecule has 0 bridgehead atoms. The van der Waals surface area contributed by atoms with E-state index in [0.29, 0.717) is 28.3 Å². The summed E-state index contributed by atoms with van der Waals surface area (Å²) in [7, 11) is 1.80. The molecule has 4 heterocycles. The Morgan fingerprint density at radius 3 is 2.64 bits per heavy atom. The van der Waals surface area contributed by atoms with E-state index in [1.807, 2.05) is 24.4 Å². The summed E-state index contributed by atoms with van der Waals surface area (Å²) in [6.45, 7) is 1.85. The summed E-state index contributed by atoms with van der Waals surface area (Å²) in [4.78, 5) is 14.6. The Labute approximate surface area is 186 Å². The normalized spacial score (nSPS) is 13.5. The number of amides is 1. The van der Waals surface area contributed by atoms with Crippen molar-refractivity contribution in [2.45, 2.75) is 20.0 Å². The molecule has 33 heavy (non-hydrogen) atoms. The molecular weight excluding hydrogens is 426 g/mol. The quantitative estimate of drug-likeness (QED) is 0.422. The predicted octanol–water partition coefficient (Wildman–Crippen LogP) is 4.03. The molecule has 1 aliphatic heterocycles. The van der Waals surface area contributed by atoms with Crippen molar-refractivity contribution in [1.29, 1.82) is 0 Å². The highest BCUT2D eigenvalue weighted by atomic mass is 19.1. The summed E-state index contributed by atoms with van der Waals surface area (Å²) in [5, 5.41) is 13.2. The molecular formula is C24H18F2N6O. The number of halogens is 2. The van der Waals surface area contributed by atoms with Gasteiger partial charge in [0, 0.05) is 36.3 Å². The third kappa shape index (κ3) is 2.92. The number of aromatic nitrogens is 5. The van der Waals surface area contributed by atoms with Gasteiger partial charge in [-0.1, -0.05) is 18.2 Å². The topological polar surface area (TPSA) is 68.3 Å². The maximum Gasteiger partial charge on any atom is 0.271 e. The van der Waals surface area contributed by atoms with Crippen LogP contribution in [-0.2, 0) is 20.1 Å². The highest BCUT2D eigenvalue weighted by Gasteiger charge is 2.32. The minimum absolute atomic E-state index is 0.144. The summed E-state index contributed by atoms with van der Waals surface area (Å²) in [6, 6.07) is 11.7. The Morgan fingerprint density at radius 2 is 1.85 bits per heavy atom. The number of pyridine rings is 1. The van der Waals surface area contributed by atoms with Gasteiger partial charge in [0.2, 0.25) is 0 Å². The largest absolute Gasteiger partial charge is 0.328 e. The van der Waals surface area contributed by atoms with Crippen molar-refractivity contribution in [3.63, 3.8) is 0 Å². The van der Waals surface area contributed by atoms with Gasteiger partial charge in [-0.25, -0.2) is 8.78 Å². The van der Waals surface area contributed by atoms with Gasteiger partial charge >= 0.3 is 0 Å². The Morgan fingerprint density at radius 1 is 1.06 bits per heavy atom. The van der Waals surface area contributed by atoms with Gasteiger partial charge in [-0.05, 0) is 42.3 Å². The van der Waals surface area contributed by atoms with Gasteiger partial charge in [0.25, 0.3) is 5.91 Å². The molecule has 0 aliphatic carbocycles. The molecule has 0 atom stereocenters. The lowest BCUT2D eigenvalue weighted by molar-refractivity contribution is 0.0758. The number of carbonyl (C=O) groups is 1. The van der Waals surface area contributed by atoms with Crippen molar-refractivity contribution >= 4 is 22.5 Å². The van der Waals surface area contributed by atoms with Crippen LogP contribution in [0.25, 0.3) is 27.7 Å². The summed E-state index contributed by atoms with van der Waals surface area (Å²) in [6.07, 6.45) is 1.82. The van der Waals surface area contributed by atoms with Gasteiger partial charge in [-0.2, -0.15) is 5.10 Å². The number of nitrogens with zero attached hydrogens (tertiary/aromatic N) is 6. The van der Waals surface area contributed by atoms with Crippen molar-refractivity contribution < 1.29 is 13.6 Å². The molecule has 0 N–H and O–H groups in total. The van der Waals surface area contributed by atoms with Crippen molar-refractivity contribution in [2.24, 2.45) is 7.05 Å². The third-order valence-electron chi connectivity index (χ3n) is 6.13. The molecule has 3 aromatic heterocycles. The van der Waals surface area contributed by atoms with Crippen molar-refractivity contribution in [2.75, 3.05) is 0 Å². The van der Waals surface area contributed by atoms with Gasteiger partial charge in [0.05, 0.1) is 12.1 Å². The van der Waals surface area contributed by atoms with E-state index in [-0.39, 0.29) is 24.6 Å². The number of fused-ring (bicyclic) bond motifs is 4. The monoisotopic (exact) mass is 444 g/mol. The molecule has 0 saturated carbocycles. The molecule has 0 fully saturated rings. The Bertz CT molecular complexity index is 1580. The van der Waals surface area contributed by atoms with Crippen LogP contribution in [-0.4, -0.2) is 35.2 Å². The smallest absolute Gasteiger partial charge is 0.271 e. The van der Waals surface area contributed by atoms with Crippen LogP contribution < -0.4 is 0 Å². The van der Waals surface area contributed by atoms with E-state index in [0.717, 1.165) is 16.5 Å². The molecule has 1 aliphatic rings. The molecule has 0 radical (unpaired) electrons. The molecule has 1 amide bonds. The summed E-state index contributed by atoms with van der Waals surface area (Å²) in [5.41, 5.74) is 3.50. The molecule has 0 spiro atoms. The first-order valence-corrected chi connectivity index (χ1v) is 10.4. The molecule has 9 heteroatoms. The number of carbonyl (C=O) groups excluding carboxylic acids is 1. The van der Waals surface area contributed by atoms with E-state index in [9.17, 15) is 4.79 Å². The minimum Gasteiger partial charge on any atom is -0.328 e. The van der Waals surface area contributed by atoms with Gasteiger partial charge < -0.3 is 4.90 Å². The Hall–Kier alpha value is -4.14. The van der Waals surface area contributed by atoms with Crippen LogP contribution in [0.5, 0.6) is 0 Å². The van der Waals surface area contributed by atoms with E-state index < -0.39 is 11.6 Å². The number of hydrogen-bond acceptors (Lipinski definition) is 4. The SMILES string of the molecule is Cc1nnc2ccc3c(n12)C(=O)N(Cc1c(F)cc(-c2cccc4nn(C)cc24)cc1F)C3. The average molecular weight is 444 g/mol.